The molecular formula is C13H10BrCl2NO. The van der Waals surface area contributed by atoms with Crippen molar-refractivity contribution in [3.05, 3.63) is 50.4 Å². The van der Waals surface area contributed by atoms with Crippen LogP contribution >= 0.6 is 39.1 Å². The van der Waals surface area contributed by atoms with E-state index in [-0.39, 0.29) is 0 Å². The summed E-state index contributed by atoms with van der Waals surface area (Å²) in [4.78, 5) is 0. The Morgan fingerprint density at radius 3 is 2.44 bits per heavy atom. The lowest BCUT2D eigenvalue weighted by Gasteiger charge is -2.11. The Balaban J connectivity index is 2.37. The molecule has 0 saturated heterocycles. The van der Waals surface area contributed by atoms with Crippen molar-refractivity contribution in [1.82, 2.24) is 0 Å². The largest absolute Gasteiger partial charge is 0.454 e. The van der Waals surface area contributed by atoms with Gasteiger partial charge in [0.1, 0.15) is 11.5 Å². The molecule has 0 amide bonds. The van der Waals surface area contributed by atoms with E-state index in [1.165, 1.54) is 0 Å². The van der Waals surface area contributed by atoms with Gasteiger partial charge in [-0.1, -0.05) is 29.3 Å². The predicted molar refractivity (Wildman–Crippen MR) is 79.8 cm³/mol. The Labute approximate surface area is 124 Å². The van der Waals surface area contributed by atoms with Crippen molar-refractivity contribution in [3.8, 4) is 11.5 Å². The molecule has 5 heteroatoms. The van der Waals surface area contributed by atoms with Crippen LogP contribution in [0.5, 0.6) is 11.5 Å². The van der Waals surface area contributed by atoms with Gasteiger partial charge in [-0.2, -0.15) is 0 Å². The third-order valence-corrected chi connectivity index (χ3v) is 3.85. The van der Waals surface area contributed by atoms with Crippen molar-refractivity contribution in [1.29, 1.82) is 0 Å². The summed E-state index contributed by atoms with van der Waals surface area (Å²) in [5.41, 5.74) is 7.51. The lowest BCUT2D eigenvalue weighted by molar-refractivity contribution is 0.485. The fraction of sp³-hybridized carbons (Fsp3) is 0.0769. The number of hydrogen-bond donors (Lipinski definition) is 1. The molecule has 18 heavy (non-hydrogen) atoms. The molecule has 0 saturated carbocycles. The van der Waals surface area contributed by atoms with Gasteiger partial charge in [0.15, 0.2) is 0 Å². The summed E-state index contributed by atoms with van der Waals surface area (Å²) >= 11 is 15.4. The van der Waals surface area contributed by atoms with E-state index >= 15 is 0 Å². The average Bonchev–Trinajstić information content (AvgIpc) is 2.29. The minimum atomic E-state index is 0.464. The highest BCUT2D eigenvalue weighted by atomic mass is 79.9. The molecule has 0 aliphatic rings. The van der Waals surface area contributed by atoms with Crippen molar-refractivity contribution in [2.45, 2.75) is 6.92 Å². The summed E-state index contributed by atoms with van der Waals surface area (Å²) in [7, 11) is 0. The Morgan fingerprint density at radius 1 is 1.06 bits per heavy atom. The molecule has 2 aromatic rings. The van der Waals surface area contributed by atoms with Gasteiger partial charge in [-0.05, 0) is 46.6 Å². The quantitative estimate of drug-likeness (QED) is 0.580. The third kappa shape index (κ3) is 2.91. The van der Waals surface area contributed by atoms with Crippen LogP contribution in [0, 0.1) is 6.92 Å². The summed E-state index contributed by atoms with van der Waals surface area (Å²) in [6, 6.07) is 8.89. The molecule has 0 bridgehead atoms. The fourth-order valence-corrected chi connectivity index (χ4v) is 2.29. The zero-order chi connectivity index (χ0) is 13.3. The Kier molecular flexibility index (Phi) is 4.05. The molecule has 0 heterocycles. The maximum atomic E-state index is 6.08. The molecule has 2 rings (SSSR count). The molecule has 0 spiro atoms. The third-order valence-electron chi connectivity index (χ3n) is 2.36. The van der Waals surface area contributed by atoms with Crippen LogP contribution in [0.4, 0.5) is 5.69 Å². The van der Waals surface area contributed by atoms with Crippen LogP contribution in [0.15, 0.2) is 34.8 Å². The van der Waals surface area contributed by atoms with Crippen LogP contribution in [-0.4, -0.2) is 0 Å². The normalized spacial score (nSPS) is 10.4. The highest BCUT2D eigenvalue weighted by Gasteiger charge is 2.09. The minimum absolute atomic E-state index is 0.464. The molecule has 0 aliphatic heterocycles. The van der Waals surface area contributed by atoms with E-state index in [1.54, 1.807) is 18.2 Å². The molecular weight excluding hydrogens is 337 g/mol. The van der Waals surface area contributed by atoms with Crippen molar-refractivity contribution in [2.75, 3.05) is 5.73 Å². The Hall–Kier alpha value is -0.900. The molecule has 94 valence electrons. The molecule has 0 radical (unpaired) electrons. The van der Waals surface area contributed by atoms with Gasteiger partial charge in [0, 0.05) is 10.5 Å². The molecule has 2 aromatic carbocycles. The summed E-state index contributed by atoms with van der Waals surface area (Å²) in [6.07, 6.45) is 0. The number of rotatable bonds is 2. The van der Waals surface area contributed by atoms with Gasteiger partial charge in [0.2, 0.25) is 0 Å². The lowest BCUT2D eigenvalue weighted by Crippen LogP contribution is -1.93. The average molecular weight is 347 g/mol. The van der Waals surface area contributed by atoms with Crippen molar-refractivity contribution in [3.63, 3.8) is 0 Å². The topological polar surface area (TPSA) is 35.2 Å². The molecule has 0 atom stereocenters. The number of anilines is 1. The van der Waals surface area contributed by atoms with Crippen LogP contribution in [0.25, 0.3) is 0 Å². The molecule has 0 aromatic heterocycles. The second-order valence-electron chi connectivity index (χ2n) is 3.84. The van der Waals surface area contributed by atoms with E-state index in [9.17, 15) is 0 Å². The van der Waals surface area contributed by atoms with E-state index in [0.29, 0.717) is 27.2 Å². The summed E-state index contributed by atoms with van der Waals surface area (Å²) < 4.78 is 6.39. The van der Waals surface area contributed by atoms with Crippen molar-refractivity contribution >= 4 is 44.8 Å². The SMILES string of the molecule is Cc1ccc(Oc2cc(Cl)c(Br)cc2Cl)c(N)c1. The first-order valence-corrected chi connectivity index (χ1v) is 6.71. The number of halogens is 3. The molecule has 0 unspecified atom stereocenters. The number of benzene rings is 2. The molecule has 0 fully saturated rings. The predicted octanol–water partition coefficient (Wildman–Crippen LogP) is 5.44. The van der Waals surface area contributed by atoms with Gasteiger partial charge in [-0.3, -0.25) is 0 Å². The van der Waals surface area contributed by atoms with Gasteiger partial charge in [-0.25, -0.2) is 0 Å². The second kappa shape index (κ2) is 5.39. The molecule has 2 nitrogen and oxygen atoms in total. The van der Waals surface area contributed by atoms with Gasteiger partial charge in [0.25, 0.3) is 0 Å². The van der Waals surface area contributed by atoms with E-state index in [1.807, 2.05) is 19.1 Å². The monoisotopic (exact) mass is 345 g/mol. The molecule has 2 N–H and O–H groups in total. The first-order chi connectivity index (χ1) is 8.47. The summed E-state index contributed by atoms with van der Waals surface area (Å²) in [5, 5.41) is 0.992. The van der Waals surface area contributed by atoms with Gasteiger partial charge >= 0.3 is 0 Å². The maximum Gasteiger partial charge on any atom is 0.150 e. The number of hydrogen-bond acceptors (Lipinski definition) is 2. The zero-order valence-electron chi connectivity index (χ0n) is 9.51. The second-order valence-corrected chi connectivity index (χ2v) is 5.51. The standard InChI is InChI=1S/C13H10BrCl2NO/c1-7-2-3-12(11(17)4-7)18-13-6-9(15)8(14)5-10(13)16/h2-6H,17H2,1H3. The van der Waals surface area contributed by atoms with Gasteiger partial charge in [0.05, 0.1) is 15.7 Å². The molecule has 0 aliphatic carbocycles. The van der Waals surface area contributed by atoms with E-state index in [4.69, 9.17) is 33.7 Å². The highest BCUT2D eigenvalue weighted by molar-refractivity contribution is 9.10. The highest BCUT2D eigenvalue weighted by Crippen LogP contribution is 2.38. The smallest absolute Gasteiger partial charge is 0.150 e. The number of nitrogen functional groups attached to an aromatic ring is 1. The lowest BCUT2D eigenvalue weighted by atomic mass is 10.2. The number of nitrogens with two attached hydrogens (primary N) is 1. The van der Waals surface area contributed by atoms with Crippen LogP contribution in [0.3, 0.4) is 0 Å². The Bertz CT molecular complexity index is 602. The zero-order valence-corrected chi connectivity index (χ0v) is 12.6. The van der Waals surface area contributed by atoms with Crippen LogP contribution in [-0.2, 0) is 0 Å². The Morgan fingerprint density at radius 2 is 1.78 bits per heavy atom. The minimum Gasteiger partial charge on any atom is -0.454 e. The number of aryl methyl sites for hydroxylation is 1. The van der Waals surface area contributed by atoms with Crippen molar-refractivity contribution in [2.24, 2.45) is 0 Å². The first kappa shape index (κ1) is 13.5. The van der Waals surface area contributed by atoms with E-state index in [0.717, 1.165) is 10.0 Å². The van der Waals surface area contributed by atoms with Crippen LogP contribution < -0.4 is 10.5 Å². The van der Waals surface area contributed by atoms with Gasteiger partial charge in [-0.15, -0.1) is 0 Å². The van der Waals surface area contributed by atoms with Crippen LogP contribution in [0.1, 0.15) is 5.56 Å². The first-order valence-electron chi connectivity index (χ1n) is 5.16. The summed E-state index contributed by atoms with van der Waals surface area (Å²) in [5.74, 6) is 1.03. The van der Waals surface area contributed by atoms with Crippen LogP contribution in [0.2, 0.25) is 10.0 Å². The maximum absolute atomic E-state index is 6.08. The fourth-order valence-electron chi connectivity index (χ4n) is 1.46. The summed E-state index contributed by atoms with van der Waals surface area (Å²) in [6.45, 7) is 1.96. The van der Waals surface area contributed by atoms with Gasteiger partial charge < -0.3 is 10.5 Å². The van der Waals surface area contributed by atoms with E-state index < -0.39 is 0 Å². The number of ether oxygens (including phenoxy) is 1. The van der Waals surface area contributed by atoms with Crippen molar-refractivity contribution < 1.29 is 4.74 Å². The van der Waals surface area contributed by atoms with E-state index in [2.05, 4.69) is 15.9 Å².